The number of carbonyl (C=O) groups is 1. The zero-order valence-electron chi connectivity index (χ0n) is 5.18. The Morgan fingerprint density at radius 3 is 2.75 bits per heavy atom. The molecule has 47 valence electrons. The maximum absolute atomic E-state index is 10.2. The molecule has 8 heavy (non-hydrogen) atoms. The van der Waals surface area contributed by atoms with E-state index in [1.54, 1.807) is 14.0 Å². The molecule has 0 saturated carbocycles. The Labute approximate surface area is 54.0 Å². The van der Waals surface area contributed by atoms with Gasteiger partial charge in [0.25, 0.3) is 0 Å². The second-order valence-electron chi connectivity index (χ2n) is 1.38. The summed E-state index contributed by atoms with van der Waals surface area (Å²) >= 11 is 1.32. The van der Waals surface area contributed by atoms with Crippen LogP contribution in [0, 0.1) is 0 Å². The summed E-state index contributed by atoms with van der Waals surface area (Å²) in [6, 6.07) is 0. The monoisotopic (exact) mass is 132 g/mol. The molecule has 2 nitrogen and oxygen atoms in total. The Bertz CT molecular complexity index is 74.8. The van der Waals surface area contributed by atoms with E-state index >= 15 is 0 Å². The van der Waals surface area contributed by atoms with Gasteiger partial charge in [-0.2, -0.15) is 0 Å². The fourth-order valence-electron chi connectivity index (χ4n) is 0.281. The van der Waals surface area contributed by atoms with E-state index < -0.39 is 0 Å². The predicted octanol–water partition coefficient (Wildman–Crippen LogP) is 0.500. The van der Waals surface area contributed by atoms with Crippen molar-refractivity contribution in [3.05, 3.63) is 0 Å². The van der Waals surface area contributed by atoms with E-state index in [0.717, 1.165) is 12.3 Å². The summed E-state index contributed by atoms with van der Waals surface area (Å²) in [6.07, 6.45) is 0. The Morgan fingerprint density at radius 1 is 1.75 bits per heavy atom. The molecule has 0 unspecified atom stereocenters. The first-order chi connectivity index (χ1) is 3.77. The van der Waals surface area contributed by atoms with Gasteiger partial charge in [0, 0.05) is 26.3 Å². The van der Waals surface area contributed by atoms with Crippen molar-refractivity contribution in [1.29, 1.82) is 0 Å². The minimum atomic E-state index is 0.175. The van der Waals surface area contributed by atoms with Crippen LogP contribution in [-0.2, 0) is 4.79 Å². The second kappa shape index (κ2) is 5.12. The van der Waals surface area contributed by atoms with Gasteiger partial charge in [0.05, 0.1) is 0 Å². The van der Waals surface area contributed by atoms with Crippen molar-refractivity contribution in [2.24, 2.45) is 0 Å². The second-order valence-corrected chi connectivity index (χ2v) is 2.65. The lowest BCUT2D eigenvalue weighted by molar-refractivity contribution is -0.109. The van der Waals surface area contributed by atoms with E-state index in [4.69, 9.17) is 0 Å². The van der Waals surface area contributed by atoms with Gasteiger partial charge in [-0.25, -0.2) is 5.32 Å². The molecular formula is C5H10NOS. The number of hydrogen-bond donors (Lipinski definition) is 0. The maximum atomic E-state index is 10.2. The summed E-state index contributed by atoms with van der Waals surface area (Å²) in [5.74, 6) is 0.825. The molecule has 0 rings (SSSR count). The molecule has 0 fully saturated rings. The highest BCUT2D eigenvalue weighted by Gasteiger charge is 1.90. The van der Waals surface area contributed by atoms with E-state index in [0.29, 0.717) is 0 Å². The molecule has 1 radical (unpaired) electrons. The molecule has 0 aromatic carbocycles. The minimum absolute atomic E-state index is 0.175. The Hall–Kier alpha value is -0.0200. The topological polar surface area (TPSA) is 31.2 Å². The highest BCUT2D eigenvalue weighted by molar-refractivity contribution is 8.13. The fourth-order valence-corrected chi connectivity index (χ4v) is 0.842. The van der Waals surface area contributed by atoms with Gasteiger partial charge in [-0.1, -0.05) is 11.8 Å². The fraction of sp³-hybridized carbons (Fsp3) is 0.800. The number of nitrogens with zero attached hydrogens (tertiary/aromatic N) is 1. The van der Waals surface area contributed by atoms with E-state index in [1.807, 2.05) is 0 Å². The summed E-state index contributed by atoms with van der Waals surface area (Å²) in [5, 5.41) is 4.01. The van der Waals surface area contributed by atoms with Gasteiger partial charge in [0.1, 0.15) is 0 Å². The Kier molecular flexibility index (Phi) is 5.11. The molecule has 3 heteroatoms. The SMILES string of the molecule is C[N]CCSC(C)=O. The van der Waals surface area contributed by atoms with Crippen LogP contribution in [0.25, 0.3) is 0 Å². The lowest BCUT2D eigenvalue weighted by Gasteiger charge is -1.91. The van der Waals surface area contributed by atoms with Crippen LogP contribution in [0.15, 0.2) is 0 Å². The van der Waals surface area contributed by atoms with Crippen LogP contribution in [0.5, 0.6) is 0 Å². The summed E-state index contributed by atoms with van der Waals surface area (Å²) in [4.78, 5) is 10.2. The van der Waals surface area contributed by atoms with Gasteiger partial charge in [0.15, 0.2) is 5.12 Å². The summed E-state index contributed by atoms with van der Waals surface area (Å²) < 4.78 is 0. The number of rotatable bonds is 3. The van der Waals surface area contributed by atoms with Gasteiger partial charge in [0.2, 0.25) is 0 Å². The smallest absolute Gasteiger partial charge is 0.185 e. The molecule has 0 N–H and O–H groups in total. The molecule has 0 aromatic rings. The average molecular weight is 132 g/mol. The van der Waals surface area contributed by atoms with Gasteiger partial charge >= 0.3 is 0 Å². The van der Waals surface area contributed by atoms with E-state index in [9.17, 15) is 4.79 Å². The molecule has 0 aromatic heterocycles. The Balaban J connectivity index is 2.82. The van der Waals surface area contributed by atoms with Crippen LogP contribution in [0.2, 0.25) is 0 Å². The van der Waals surface area contributed by atoms with Crippen molar-refractivity contribution < 1.29 is 4.79 Å². The predicted molar refractivity (Wildman–Crippen MR) is 36.1 cm³/mol. The molecule has 0 atom stereocenters. The third-order valence-corrected chi connectivity index (χ3v) is 1.41. The van der Waals surface area contributed by atoms with Gasteiger partial charge in [-0.15, -0.1) is 0 Å². The standard InChI is InChI=1S/C5H10NOS/c1-5(7)8-4-3-6-2/h3-4H2,1-2H3. The van der Waals surface area contributed by atoms with Gasteiger partial charge < -0.3 is 0 Å². The minimum Gasteiger partial charge on any atom is -0.288 e. The average Bonchev–Trinajstić information content (AvgIpc) is 1.66. The highest BCUT2D eigenvalue weighted by atomic mass is 32.2. The molecule has 0 bridgehead atoms. The summed E-state index contributed by atoms with van der Waals surface area (Å²) in [7, 11) is 1.75. The van der Waals surface area contributed by atoms with Crippen LogP contribution in [-0.4, -0.2) is 24.5 Å². The molecule has 0 heterocycles. The van der Waals surface area contributed by atoms with Crippen LogP contribution < -0.4 is 5.32 Å². The van der Waals surface area contributed by atoms with Crippen LogP contribution in [0.3, 0.4) is 0 Å². The van der Waals surface area contributed by atoms with Crippen molar-refractivity contribution in [3.8, 4) is 0 Å². The van der Waals surface area contributed by atoms with E-state index in [-0.39, 0.29) is 5.12 Å². The first kappa shape index (κ1) is 7.98. The van der Waals surface area contributed by atoms with E-state index in [1.165, 1.54) is 11.8 Å². The van der Waals surface area contributed by atoms with Crippen molar-refractivity contribution in [2.45, 2.75) is 6.92 Å². The largest absolute Gasteiger partial charge is 0.288 e. The van der Waals surface area contributed by atoms with Crippen molar-refractivity contribution in [2.75, 3.05) is 19.3 Å². The third kappa shape index (κ3) is 5.98. The number of hydrogen-bond acceptors (Lipinski definition) is 2. The summed E-state index contributed by atoms with van der Waals surface area (Å²) in [5.41, 5.74) is 0. The first-order valence-electron chi connectivity index (χ1n) is 2.46. The van der Waals surface area contributed by atoms with Crippen LogP contribution in [0.1, 0.15) is 6.92 Å². The molecular weight excluding hydrogens is 122 g/mol. The normalized spacial score (nSPS) is 9.25. The maximum Gasteiger partial charge on any atom is 0.185 e. The number of thioether (sulfide) groups is 1. The molecule has 0 aliphatic heterocycles. The van der Waals surface area contributed by atoms with Crippen molar-refractivity contribution in [3.63, 3.8) is 0 Å². The van der Waals surface area contributed by atoms with Gasteiger partial charge in [-0.3, -0.25) is 4.79 Å². The van der Waals surface area contributed by atoms with Crippen molar-refractivity contribution >= 4 is 16.9 Å². The van der Waals surface area contributed by atoms with Crippen LogP contribution in [0.4, 0.5) is 0 Å². The molecule has 0 aliphatic rings. The summed E-state index contributed by atoms with van der Waals surface area (Å²) in [6.45, 7) is 2.35. The highest BCUT2D eigenvalue weighted by Crippen LogP contribution is 1.97. The molecule has 0 saturated heterocycles. The number of carbonyl (C=O) groups excluding carboxylic acids is 1. The van der Waals surface area contributed by atoms with Crippen LogP contribution >= 0.6 is 11.8 Å². The quantitative estimate of drug-likeness (QED) is 0.524. The van der Waals surface area contributed by atoms with E-state index in [2.05, 4.69) is 5.32 Å². The zero-order valence-corrected chi connectivity index (χ0v) is 5.99. The first-order valence-corrected chi connectivity index (χ1v) is 3.45. The molecule has 0 amide bonds. The lowest BCUT2D eigenvalue weighted by Crippen LogP contribution is -2.02. The molecule has 0 spiro atoms. The molecule has 0 aliphatic carbocycles. The van der Waals surface area contributed by atoms with Crippen molar-refractivity contribution in [1.82, 2.24) is 5.32 Å². The lowest BCUT2D eigenvalue weighted by atomic mass is 10.8. The third-order valence-electron chi connectivity index (χ3n) is 0.620. The zero-order chi connectivity index (χ0) is 6.41. The van der Waals surface area contributed by atoms with Gasteiger partial charge in [-0.05, 0) is 0 Å². The Morgan fingerprint density at radius 2 is 2.38 bits per heavy atom.